The summed E-state index contributed by atoms with van der Waals surface area (Å²) in [5, 5.41) is 0. The van der Waals surface area contributed by atoms with Gasteiger partial charge in [0, 0.05) is 23.7 Å². The topological polar surface area (TPSA) is 88.6 Å². The molecule has 1 N–H and O–H groups in total. The van der Waals surface area contributed by atoms with E-state index in [-0.39, 0.29) is 21.9 Å². The van der Waals surface area contributed by atoms with Crippen LogP contribution in [0.3, 0.4) is 0 Å². The lowest BCUT2D eigenvalue weighted by Gasteiger charge is -2.34. The fourth-order valence-corrected chi connectivity index (χ4v) is 6.31. The summed E-state index contributed by atoms with van der Waals surface area (Å²) in [4.78, 5) is 20.4. The summed E-state index contributed by atoms with van der Waals surface area (Å²) in [6, 6.07) is 14.1. The van der Waals surface area contributed by atoms with Gasteiger partial charge in [-0.15, -0.1) is 0 Å². The number of aromatic nitrogens is 1. The van der Waals surface area contributed by atoms with E-state index >= 15 is 0 Å². The fraction of sp³-hybridized carbons (Fsp3) is 0.400. The summed E-state index contributed by atoms with van der Waals surface area (Å²) in [5.74, 6) is 0.118. The average molecular weight is 554 g/mol. The summed E-state index contributed by atoms with van der Waals surface area (Å²) in [5.41, 5.74) is 1.28. The number of carbonyl (C=O) groups is 1. The highest BCUT2D eigenvalue weighted by atomic mass is 32.2. The molecule has 0 bridgehead atoms. The average Bonchev–Trinajstić information content (AvgIpc) is 3.13. The third-order valence-electron chi connectivity index (χ3n) is 6.81. The maximum absolute atomic E-state index is 14.6. The van der Waals surface area contributed by atoms with Crippen molar-refractivity contribution in [3.8, 4) is 17.0 Å². The van der Waals surface area contributed by atoms with Crippen LogP contribution in [-0.2, 0) is 10.0 Å². The summed E-state index contributed by atoms with van der Waals surface area (Å²) < 4.78 is 48.7. The molecule has 0 unspecified atom stereocenters. The summed E-state index contributed by atoms with van der Waals surface area (Å²) in [6.45, 7) is 13.0. The Bertz CT molecular complexity index is 1490. The molecule has 9 heteroatoms. The molecule has 2 aromatic carbocycles. The number of halogens is 1. The Hall–Kier alpha value is -3.46. The monoisotopic (exact) mass is 553 g/mol. The number of aryl methyl sites for hydroxylation is 1. The van der Waals surface area contributed by atoms with Crippen LogP contribution in [0, 0.1) is 24.6 Å². The summed E-state index contributed by atoms with van der Waals surface area (Å²) >= 11 is 0. The summed E-state index contributed by atoms with van der Waals surface area (Å²) in [7, 11) is -4.12. The number of anilines is 1. The zero-order valence-corrected chi connectivity index (χ0v) is 24.1. The first-order valence-electron chi connectivity index (χ1n) is 13.1. The minimum atomic E-state index is -4.12. The smallest absolute Gasteiger partial charge is 0.268 e. The molecule has 1 atom stereocenters. The van der Waals surface area contributed by atoms with Crippen molar-refractivity contribution >= 4 is 21.7 Å². The summed E-state index contributed by atoms with van der Waals surface area (Å²) in [6.07, 6.45) is 0.870. The number of sulfonamides is 1. The van der Waals surface area contributed by atoms with Gasteiger partial charge in [-0.05, 0) is 74.9 Å². The molecular weight excluding hydrogens is 517 g/mol. The van der Waals surface area contributed by atoms with Gasteiger partial charge in [-0.3, -0.25) is 4.79 Å². The van der Waals surface area contributed by atoms with E-state index in [0.29, 0.717) is 47.5 Å². The second-order valence-corrected chi connectivity index (χ2v) is 13.0. The van der Waals surface area contributed by atoms with Gasteiger partial charge in [0.15, 0.2) is 0 Å². The van der Waals surface area contributed by atoms with Gasteiger partial charge in [-0.1, -0.05) is 39.0 Å². The first-order chi connectivity index (χ1) is 18.3. The standard InChI is InChI=1S/C30H36FN3O4S/c1-19(2)18-38-24-14-22(13-23(31)15-24)26-12-11-25(28(32-26)34-17-20(3)16-30(34,5)6)29(35)33-39(36,37)27-10-8-7-9-21(27)4/h7-15,19-20H,16-18H2,1-6H3,(H,33,35)/t20-/m0/s1. The molecule has 208 valence electrons. The van der Waals surface area contributed by atoms with Crippen LogP contribution < -0.4 is 14.4 Å². The maximum atomic E-state index is 14.6. The van der Waals surface area contributed by atoms with E-state index in [1.165, 1.54) is 18.2 Å². The van der Waals surface area contributed by atoms with Crippen molar-refractivity contribution in [3.05, 3.63) is 71.5 Å². The molecule has 0 aliphatic carbocycles. The molecule has 4 rings (SSSR count). The number of hydrogen-bond acceptors (Lipinski definition) is 6. The van der Waals surface area contributed by atoms with Gasteiger partial charge in [0.05, 0.1) is 22.8 Å². The number of ether oxygens (including phenoxy) is 1. The molecule has 7 nitrogen and oxygen atoms in total. The van der Waals surface area contributed by atoms with Gasteiger partial charge in [-0.25, -0.2) is 22.5 Å². The van der Waals surface area contributed by atoms with Gasteiger partial charge in [0.25, 0.3) is 15.9 Å². The highest BCUT2D eigenvalue weighted by Gasteiger charge is 2.39. The minimum Gasteiger partial charge on any atom is -0.493 e. The van der Waals surface area contributed by atoms with E-state index in [1.54, 1.807) is 43.3 Å². The van der Waals surface area contributed by atoms with Gasteiger partial charge < -0.3 is 9.64 Å². The van der Waals surface area contributed by atoms with E-state index in [2.05, 4.69) is 25.5 Å². The molecule has 0 radical (unpaired) electrons. The Morgan fingerprint density at radius 1 is 1.18 bits per heavy atom. The third kappa shape index (κ3) is 6.41. The number of hydrogen-bond donors (Lipinski definition) is 1. The Morgan fingerprint density at radius 3 is 2.54 bits per heavy atom. The van der Waals surface area contributed by atoms with E-state index in [0.717, 1.165) is 6.42 Å². The predicted octanol–water partition coefficient (Wildman–Crippen LogP) is 5.97. The fourth-order valence-electron chi connectivity index (χ4n) is 5.10. The molecule has 1 aromatic heterocycles. The van der Waals surface area contributed by atoms with E-state index in [9.17, 15) is 17.6 Å². The van der Waals surface area contributed by atoms with Gasteiger partial charge >= 0.3 is 0 Å². The van der Waals surface area contributed by atoms with Crippen LogP contribution in [0.4, 0.5) is 10.2 Å². The number of nitrogens with one attached hydrogen (secondary N) is 1. The first kappa shape index (κ1) is 28.5. The molecule has 1 fully saturated rings. The number of benzene rings is 2. The van der Waals surface area contributed by atoms with Gasteiger partial charge in [-0.2, -0.15) is 0 Å². The molecule has 1 amide bonds. The molecule has 2 heterocycles. The minimum absolute atomic E-state index is 0.0355. The molecule has 0 saturated carbocycles. The Morgan fingerprint density at radius 2 is 1.90 bits per heavy atom. The molecule has 1 aliphatic rings. The van der Waals surface area contributed by atoms with Crippen molar-refractivity contribution in [2.45, 2.75) is 58.4 Å². The van der Waals surface area contributed by atoms with Crippen LogP contribution in [0.25, 0.3) is 11.3 Å². The van der Waals surface area contributed by atoms with E-state index < -0.39 is 21.7 Å². The number of amides is 1. The molecule has 3 aromatic rings. The van der Waals surface area contributed by atoms with Crippen LogP contribution in [0.2, 0.25) is 0 Å². The molecule has 1 aliphatic heterocycles. The van der Waals surface area contributed by atoms with Crippen molar-refractivity contribution in [2.75, 3.05) is 18.1 Å². The third-order valence-corrected chi connectivity index (χ3v) is 8.30. The first-order valence-corrected chi connectivity index (χ1v) is 14.6. The van der Waals surface area contributed by atoms with E-state index in [4.69, 9.17) is 9.72 Å². The van der Waals surface area contributed by atoms with Crippen molar-refractivity contribution in [2.24, 2.45) is 11.8 Å². The van der Waals surface area contributed by atoms with Gasteiger partial charge in [0.2, 0.25) is 0 Å². The van der Waals surface area contributed by atoms with Crippen molar-refractivity contribution in [1.29, 1.82) is 0 Å². The maximum Gasteiger partial charge on any atom is 0.268 e. The van der Waals surface area contributed by atoms with E-state index in [1.807, 2.05) is 18.7 Å². The number of nitrogens with zero attached hydrogens (tertiary/aromatic N) is 2. The molecular formula is C30H36FN3O4S. The normalized spacial score (nSPS) is 16.9. The van der Waals surface area contributed by atoms with Crippen molar-refractivity contribution < 1.29 is 22.3 Å². The Kier molecular flexibility index (Phi) is 8.02. The van der Waals surface area contributed by atoms with Crippen LogP contribution in [0.15, 0.2) is 59.5 Å². The largest absolute Gasteiger partial charge is 0.493 e. The van der Waals surface area contributed by atoms with Crippen LogP contribution in [0.1, 0.15) is 57.0 Å². The lowest BCUT2D eigenvalue weighted by molar-refractivity contribution is 0.0981. The van der Waals surface area contributed by atoms with Gasteiger partial charge in [0.1, 0.15) is 17.4 Å². The number of pyridine rings is 1. The zero-order chi connectivity index (χ0) is 28.5. The van der Waals surface area contributed by atoms with Crippen molar-refractivity contribution in [1.82, 2.24) is 9.71 Å². The zero-order valence-electron chi connectivity index (χ0n) is 23.3. The highest BCUT2D eigenvalue weighted by Crippen LogP contribution is 2.38. The Labute approximate surface area is 230 Å². The Balaban J connectivity index is 1.77. The quantitative estimate of drug-likeness (QED) is 0.370. The molecule has 1 saturated heterocycles. The lowest BCUT2D eigenvalue weighted by atomic mass is 9.97. The van der Waals surface area contributed by atoms with Crippen LogP contribution in [0.5, 0.6) is 5.75 Å². The highest BCUT2D eigenvalue weighted by molar-refractivity contribution is 7.90. The number of carbonyl (C=O) groups excluding carboxylic acids is 1. The predicted molar refractivity (Wildman–Crippen MR) is 151 cm³/mol. The van der Waals surface area contributed by atoms with Crippen LogP contribution in [-0.4, -0.2) is 38.0 Å². The lowest BCUT2D eigenvalue weighted by Crippen LogP contribution is -2.41. The van der Waals surface area contributed by atoms with Crippen molar-refractivity contribution in [3.63, 3.8) is 0 Å². The SMILES string of the molecule is Cc1ccccc1S(=O)(=O)NC(=O)c1ccc(-c2cc(F)cc(OCC(C)C)c2)nc1N1C[C@@H](C)CC1(C)C. The second-order valence-electron chi connectivity index (χ2n) is 11.4. The molecule has 0 spiro atoms. The number of rotatable bonds is 8. The second kappa shape index (κ2) is 11.0. The van der Waals surface area contributed by atoms with Crippen LogP contribution >= 0.6 is 0 Å². The molecule has 39 heavy (non-hydrogen) atoms.